The molecular weight excluding hydrogens is 281 g/mol. The number of carbonyl (C=O) groups excluding carboxylic acids is 2. The summed E-state index contributed by atoms with van der Waals surface area (Å²) >= 11 is 0. The summed E-state index contributed by atoms with van der Waals surface area (Å²) in [6.07, 6.45) is -5.82. The van der Waals surface area contributed by atoms with Crippen LogP contribution in [-0.4, -0.2) is 54.6 Å². The van der Waals surface area contributed by atoms with Crippen molar-refractivity contribution in [3.05, 3.63) is 0 Å². The van der Waals surface area contributed by atoms with Crippen LogP contribution >= 0.6 is 0 Å². The van der Waals surface area contributed by atoms with Crippen molar-refractivity contribution in [2.24, 2.45) is 0 Å². The van der Waals surface area contributed by atoms with Gasteiger partial charge < -0.3 is 14.8 Å². The minimum Gasteiger partial charge on any atom is -0.351 e. The van der Waals surface area contributed by atoms with E-state index in [1.54, 1.807) is 19.2 Å². The van der Waals surface area contributed by atoms with Gasteiger partial charge in [0.05, 0.1) is 6.54 Å². The Kier molecular flexibility index (Phi) is 4.98. The second-order valence-corrected chi connectivity index (χ2v) is 4.31. The van der Waals surface area contributed by atoms with Crippen LogP contribution in [0.5, 0.6) is 0 Å². The molecule has 0 aromatic heterocycles. The first-order valence-corrected chi connectivity index (χ1v) is 6.11. The number of hydrogen-bond acceptors (Lipinski definition) is 4. The molecule has 0 saturated carbocycles. The number of rotatable bonds is 6. The average Bonchev–Trinajstić information content (AvgIpc) is 2.54. The summed E-state index contributed by atoms with van der Waals surface area (Å²) in [6.45, 7) is 4.05. The predicted octanol–water partition coefficient (Wildman–Crippen LogP) is 1.26. The van der Waals surface area contributed by atoms with Gasteiger partial charge in [0.2, 0.25) is 5.54 Å². The fourth-order valence-corrected chi connectivity index (χ4v) is 1.73. The normalized spacial score (nSPS) is 23.6. The number of halogens is 3. The summed E-state index contributed by atoms with van der Waals surface area (Å²) in [5.41, 5.74) is -2.91. The summed E-state index contributed by atoms with van der Waals surface area (Å²) in [5, 5.41) is 1.66. The van der Waals surface area contributed by atoms with Crippen LogP contribution in [0.3, 0.4) is 0 Å². The predicted molar refractivity (Wildman–Crippen MR) is 61.7 cm³/mol. The summed E-state index contributed by atoms with van der Waals surface area (Å²) in [5.74, 6) is -1.36. The fraction of sp³-hybridized carbons (Fsp3) is 0.818. The van der Waals surface area contributed by atoms with Crippen molar-refractivity contribution < 1.29 is 32.2 Å². The number of carbonyl (C=O) groups is 2. The molecule has 0 radical (unpaired) electrons. The van der Waals surface area contributed by atoms with E-state index in [1.807, 2.05) is 0 Å². The van der Waals surface area contributed by atoms with Crippen LogP contribution in [0.1, 0.15) is 20.8 Å². The summed E-state index contributed by atoms with van der Waals surface area (Å²) in [7, 11) is 0. The van der Waals surface area contributed by atoms with Gasteiger partial charge in [-0.15, -0.1) is 0 Å². The van der Waals surface area contributed by atoms with Gasteiger partial charge in [-0.25, -0.2) is 4.79 Å². The van der Waals surface area contributed by atoms with Gasteiger partial charge in [0.15, 0.2) is 6.29 Å². The van der Waals surface area contributed by atoms with Crippen molar-refractivity contribution in [2.45, 2.75) is 38.8 Å². The van der Waals surface area contributed by atoms with Crippen LogP contribution in [0.2, 0.25) is 0 Å². The lowest BCUT2D eigenvalue weighted by atomic mass is 10.0. The number of nitrogens with zero attached hydrogens (tertiary/aromatic N) is 1. The van der Waals surface area contributed by atoms with Gasteiger partial charge in [-0.3, -0.25) is 9.69 Å². The lowest BCUT2D eigenvalue weighted by Gasteiger charge is -2.25. The average molecular weight is 298 g/mol. The maximum atomic E-state index is 12.9. The lowest BCUT2D eigenvalue weighted by molar-refractivity contribution is -0.193. The van der Waals surface area contributed by atoms with E-state index in [1.165, 1.54) is 0 Å². The van der Waals surface area contributed by atoms with Crippen molar-refractivity contribution >= 4 is 11.9 Å². The molecule has 9 heteroatoms. The lowest BCUT2D eigenvalue weighted by Crippen LogP contribution is -2.56. The molecule has 116 valence electrons. The molecule has 3 amide bonds. The van der Waals surface area contributed by atoms with Crippen LogP contribution < -0.4 is 5.32 Å². The smallest absolute Gasteiger partial charge is 0.351 e. The number of urea groups is 1. The molecule has 1 rings (SSSR count). The van der Waals surface area contributed by atoms with Crippen LogP contribution in [0.4, 0.5) is 18.0 Å². The van der Waals surface area contributed by atoms with Crippen LogP contribution in [0.15, 0.2) is 0 Å². The van der Waals surface area contributed by atoms with Gasteiger partial charge >= 0.3 is 12.2 Å². The Balaban J connectivity index is 2.87. The first-order chi connectivity index (χ1) is 9.17. The summed E-state index contributed by atoms with van der Waals surface area (Å²) in [6, 6.07) is -1.11. The number of alkyl halides is 3. The third-order valence-corrected chi connectivity index (χ3v) is 2.88. The van der Waals surface area contributed by atoms with E-state index >= 15 is 0 Å². The van der Waals surface area contributed by atoms with E-state index in [0.717, 1.165) is 0 Å². The number of imide groups is 1. The van der Waals surface area contributed by atoms with Gasteiger partial charge in [-0.2, -0.15) is 13.2 Å². The maximum absolute atomic E-state index is 12.9. The van der Waals surface area contributed by atoms with Crippen molar-refractivity contribution in [2.75, 3.05) is 19.8 Å². The Bertz CT molecular complexity index is 382. The van der Waals surface area contributed by atoms with Gasteiger partial charge in [0.25, 0.3) is 5.91 Å². The Hall–Kier alpha value is -1.35. The van der Waals surface area contributed by atoms with Crippen LogP contribution in [0.25, 0.3) is 0 Å². The summed E-state index contributed by atoms with van der Waals surface area (Å²) < 4.78 is 48.8. The Morgan fingerprint density at radius 1 is 1.25 bits per heavy atom. The van der Waals surface area contributed by atoms with E-state index in [2.05, 4.69) is 0 Å². The van der Waals surface area contributed by atoms with Crippen molar-refractivity contribution in [1.29, 1.82) is 0 Å². The molecule has 0 aliphatic carbocycles. The number of hydrogen-bond donors (Lipinski definition) is 1. The third kappa shape index (κ3) is 3.04. The minimum atomic E-state index is -4.87. The second-order valence-electron chi connectivity index (χ2n) is 4.31. The molecule has 1 N–H and O–H groups in total. The van der Waals surface area contributed by atoms with E-state index < -0.39 is 36.5 Å². The van der Waals surface area contributed by atoms with E-state index in [4.69, 9.17) is 9.47 Å². The first-order valence-electron chi connectivity index (χ1n) is 6.11. The van der Waals surface area contributed by atoms with E-state index in [9.17, 15) is 22.8 Å². The molecular formula is C11H17F3N2O4. The highest BCUT2D eigenvalue weighted by Crippen LogP contribution is 2.35. The Morgan fingerprint density at radius 3 is 2.10 bits per heavy atom. The SMILES string of the molecule is CCOC(CN1C(=O)NC(C)(C(F)(F)F)C1=O)OCC. The van der Waals surface area contributed by atoms with Gasteiger partial charge in [0, 0.05) is 13.2 Å². The second kappa shape index (κ2) is 5.96. The molecule has 0 bridgehead atoms. The van der Waals surface area contributed by atoms with Crippen LogP contribution in [0, 0.1) is 0 Å². The van der Waals surface area contributed by atoms with Gasteiger partial charge in [-0.1, -0.05) is 0 Å². The molecule has 0 aromatic rings. The molecule has 1 fully saturated rings. The number of amides is 3. The molecule has 1 saturated heterocycles. The topological polar surface area (TPSA) is 67.9 Å². The molecule has 1 aliphatic rings. The zero-order valence-electron chi connectivity index (χ0n) is 11.4. The van der Waals surface area contributed by atoms with Crippen molar-refractivity contribution in [1.82, 2.24) is 10.2 Å². The van der Waals surface area contributed by atoms with Crippen molar-refractivity contribution in [3.63, 3.8) is 0 Å². The Labute approximate surface area is 114 Å². The highest BCUT2D eigenvalue weighted by atomic mass is 19.4. The minimum absolute atomic E-state index is 0.241. The Morgan fingerprint density at radius 2 is 1.75 bits per heavy atom. The van der Waals surface area contributed by atoms with E-state index in [0.29, 0.717) is 11.8 Å². The molecule has 20 heavy (non-hydrogen) atoms. The first kappa shape index (κ1) is 16.7. The maximum Gasteiger partial charge on any atom is 0.420 e. The third-order valence-electron chi connectivity index (χ3n) is 2.88. The van der Waals surface area contributed by atoms with Gasteiger partial charge in [0.1, 0.15) is 0 Å². The molecule has 1 atom stereocenters. The molecule has 0 aromatic carbocycles. The van der Waals surface area contributed by atoms with Crippen molar-refractivity contribution in [3.8, 4) is 0 Å². The fourth-order valence-electron chi connectivity index (χ4n) is 1.73. The molecule has 1 aliphatic heterocycles. The van der Waals surface area contributed by atoms with E-state index in [-0.39, 0.29) is 13.2 Å². The summed E-state index contributed by atoms with van der Waals surface area (Å²) in [4.78, 5) is 23.9. The number of ether oxygens (including phenoxy) is 2. The monoisotopic (exact) mass is 298 g/mol. The zero-order valence-corrected chi connectivity index (χ0v) is 11.4. The molecule has 0 spiro atoms. The molecule has 1 unspecified atom stereocenters. The molecule has 6 nitrogen and oxygen atoms in total. The standard InChI is InChI=1S/C11H17F3N2O4/c1-4-19-7(20-5-2)6-16-8(17)10(3,11(12,13)14)15-9(16)18/h7H,4-6H2,1-3H3,(H,15,18). The van der Waals surface area contributed by atoms with Crippen LogP contribution in [-0.2, 0) is 14.3 Å². The number of nitrogens with one attached hydrogen (secondary N) is 1. The highest BCUT2D eigenvalue weighted by molar-refractivity contribution is 6.07. The quantitative estimate of drug-likeness (QED) is 0.592. The van der Waals surface area contributed by atoms with Gasteiger partial charge in [-0.05, 0) is 20.8 Å². The largest absolute Gasteiger partial charge is 0.420 e. The molecule has 1 heterocycles. The highest BCUT2D eigenvalue weighted by Gasteiger charge is 2.64. The zero-order chi connectivity index (χ0) is 15.6.